The topological polar surface area (TPSA) is 54.5 Å². The number of rotatable bonds is 4. The number of amides is 1. The van der Waals surface area contributed by atoms with Crippen LogP contribution in [-0.4, -0.2) is 51.1 Å². The lowest BCUT2D eigenvalue weighted by molar-refractivity contribution is -0.114. The fourth-order valence-corrected chi connectivity index (χ4v) is 3.45. The summed E-state index contributed by atoms with van der Waals surface area (Å²) >= 11 is 2.35. The first-order chi connectivity index (χ1) is 8.58. The molecule has 2 atom stereocenters. The van der Waals surface area contributed by atoms with Gasteiger partial charge >= 0.3 is 16.6 Å². The van der Waals surface area contributed by atoms with Crippen molar-refractivity contribution >= 4 is 39.0 Å². The molecule has 0 spiro atoms. The van der Waals surface area contributed by atoms with Gasteiger partial charge in [0.15, 0.2) is 5.13 Å². The highest BCUT2D eigenvalue weighted by atomic mass is 32.1. The molecule has 1 aliphatic heterocycles. The van der Waals surface area contributed by atoms with Gasteiger partial charge in [-0.3, -0.25) is 9.69 Å². The van der Waals surface area contributed by atoms with Crippen LogP contribution in [0.3, 0.4) is 0 Å². The third-order valence-corrected chi connectivity index (χ3v) is 4.76. The summed E-state index contributed by atoms with van der Waals surface area (Å²) in [6.07, 6.45) is 3.35. The summed E-state index contributed by atoms with van der Waals surface area (Å²) < 4.78 is 5.54. The molecule has 1 aromatic heterocycles. The minimum atomic E-state index is -0.0742. The molecule has 5 nitrogen and oxygen atoms in total. The molecule has 0 radical (unpaired) electrons. The number of aromatic nitrogens is 1. The van der Waals surface area contributed by atoms with Crippen molar-refractivity contribution in [3.05, 3.63) is 11.1 Å². The molecule has 1 fully saturated rings. The molecule has 18 heavy (non-hydrogen) atoms. The van der Waals surface area contributed by atoms with Crippen molar-refractivity contribution in [3.63, 3.8) is 0 Å². The number of nitrogens with zero attached hydrogens (tertiary/aromatic N) is 2. The van der Waals surface area contributed by atoms with Crippen LogP contribution >= 0.6 is 11.3 Å². The van der Waals surface area contributed by atoms with Crippen LogP contribution in [-0.2, 0) is 15.1 Å². The molecule has 98 valence electrons. The molecule has 0 bridgehead atoms. The van der Waals surface area contributed by atoms with E-state index in [0.717, 1.165) is 36.1 Å². The highest BCUT2D eigenvalue weighted by molar-refractivity contribution is 7.15. The summed E-state index contributed by atoms with van der Waals surface area (Å²) in [6, 6.07) is 0.551. The van der Waals surface area contributed by atoms with Crippen molar-refractivity contribution in [1.82, 2.24) is 9.88 Å². The Balaban J connectivity index is 1.93. The minimum absolute atomic E-state index is 0.0742. The van der Waals surface area contributed by atoms with Gasteiger partial charge in [-0.25, -0.2) is 4.98 Å². The van der Waals surface area contributed by atoms with Crippen LogP contribution in [0, 0.1) is 0 Å². The number of carbonyl (C=O) groups is 1. The Bertz CT molecular complexity index is 426. The predicted octanol–water partition coefficient (Wildman–Crippen LogP) is 0.629. The number of hydrogen-bond donors (Lipinski definition) is 1. The summed E-state index contributed by atoms with van der Waals surface area (Å²) in [5.74, 6) is -0.0742. The first-order valence-corrected chi connectivity index (χ1v) is 7.71. The summed E-state index contributed by atoms with van der Waals surface area (Å²) in [7, 11) is 0. The lowest BCUT2D eigenvalue weighted by Gasteiger charge is -2.19. The van der Waals surface area contributed by atoms with E-state index in [2.05, 4.69) is 22.1 Å². The van der Waals surface area contributed by atoms with Crippen molar-refractivity contribution in [1.29, 1.82) is 0 Å². The van der Waals surface area contributed by atoms with Gasteiger partial charge in [-0.05, 0) is 13.3 Å². The zero-order valence-electron chi connectivity index (χ0n) is 11.0. The summed E-state index contributed by atoms with van der Waals surface area (Å²) in [4.78, 5) is 18.7. The third-order valence-electron chi connectivity index (χ3n) is 3.19. The highest BCUT2D eigenvalue weighted by Gasteiger charge is 2.28. The van der Waals surface area contributed by atoms with Crippen molar-refractivity contribution in [3.8, 4) is 0 Å². The number of hydrogen-bond acceptors (Lipinski definition) is 5. The normalized spacial score (nSPS) is 24.3. The molecule has 1 unspecified atom stereocenters. The van der Waals surface area contributed by atoms with E-state index in [1.807, 2.05) is 6.20 Å². The highest BCUT2D eigenvalue weighted by Crippen LogP contribution is 2.25. The fourth-order valence-electron chi connectivity index (χ4n) is 2.23. The number of likely N-dealkylation sites (tertiary alicyclic amines) is 1. The Morgan fingerprint density at radius 3 is 3.17 bits per heavy atom. The molecule has 0 aliphatic carbocycles. The second-order valence-electron chi connectivity index (χ2n) is 4.68. The van der Waals surface area contributed by atoms with Gasteiger partial charge in [0.2, 0.25) is 5.91 Å². The number of nitrogens with one attached hydrogen (secondary N) is 1. The fraction of sp³-hybridized carbons (Fsp3) is 0.636. The van der Waals surface area contributed by atoms with Crippen LogP contribution in [0.1, 0.15) is 25.1 Å². The quantitative estimate of drug-likeness (QED) is 0.824. The van der Waals surface area contributed by atoms with Crippen LogP contribution in [0.2, 0.25) is 0 Å². The average molecular weight is 283 g/mol. The van der Waals surface area contributed by atoms with Crippen molar-refractivity contribution in [2.24, 2.45) is 0 Å². The van der Waals surface area contributed by atoms with E-state index < -0.39 is 0 Å². The van der Waals surface area contributed by atoms with E-state index in [1.54, 1.807) is 11.3 Å². The SMILES string of the molecule is CC(=O)Nc1ncc(CN2CC([O][AlH2])C[C@@H]2C)s1. The zero-order valence-corrected chi connectivity index (χ0v) is 13.8. The van der Waals surface area contributed by atoms with Crippen LogP contribution in [0.5, 0.6) is 0 Å². The lowest BCUT2D eigenvalue weighted by atomic mass is 10.2. The van der Waals surface area contributed by atoms with Crippen molar-refractivity contribution < 1.29 is 8.58 Å². The molecular formula is C11H18AlN3O2S. The summed E-state index contributed by atoms with van der Waals surface area (Å²) in [6.45, 7) is 5.62. The van der Waals surface area contributed by atoms with Crippen LogP contribution in [0.15, 0.2) is 6.20 Å². The number of carbonyl (C=O) groups excluding carboxylic acids is 1. The standard InChI is InChI=1S/C11H16N3O2S.Al.2H/c1-7-3-9(16)5-14(7)6-10-4-12-11(17-10)13-8(2)15;;;/h4,7,9H,3,5-6H2,1-2H3,(H,12,13,15);;;/q-1;+1;;/t7-,9?;;;/m0.../s1. The first kappa shape index (κ1) is 14.0. The van der Waals surface area contributed by atoms with E-state index in [4.69, 9.17) is 3.79 Å². The van der Waals surface area contributed by atoms with Gasteiger partial charge < -0.3 is 9.11 Å². The van der Waals surface area contributed by atoms with Gasteiger partial charge in [0.25, 0.3) is 0 Å². The number of anilines is 1. The molecule has 1 aromatic rings. The van der Waals surface area contributed by atoms with E-state index in [-0.39, 0.29) is 5.91 Å². The molecule has 1 N–H and O–H groups in total. The lowest BCUT2D eigenvalue weighted by Crippen LogP contribution is -2.26. The Labute approximate surface area is 119 Å². The first-order valence-electron chi connectivity index (χ1n) is 6.07. The van der Waals surface area contributed by atoms with E-state index >= 15 is 0 Å². The molecular weight excluding hydrogens is 265 g/mol. The molecule has 2 heterocycles. The van der Waals surface area contributed by atoms with E-state index in [1.165, 1.54) is 11.8 Å². The number of thiazole rings is 1. The van der Waals surface area contributed by atoms with Crippen molar-refractivity contribution in [2.45, 2.75) is 39.0 Å². The third kappa shape index (κ3) is 3.53. The Morgan fingerprint density at radius 2 is 2.56 bits per heavy atom. The van der Waals surface area contributed by atoms with Gasteiger partial charge in [0.1, 0.15) is 0 Å². The van der Waals surface area contributed by atoms with Gasteiger partial charge in [-0.2, -0.15) is 0 Å². The van der Waals surface area contributed by atoms with Crippen LogP contribution in [0.4, 0.5) is 5.13 Å². The maximum Gasteiger partial charge on any atom is 0.410 e. The summed E-state index contributed by atoms with van der Waals surface area (Å²) in [5.41, 5.74) is 0. The monoisotopic (exact) mass is 283 g/mol. The molecule has 1 amide bonds. The summed E-state index contributed by atoms with van der Waals surface area (Å²) in [5, 5.41) is 3.39. The largest absolute Gasteiger partial charge is 0.503 e. The van der Waals surface area contributed by atoms with Crippen molar-refractivity contribution in [2.75, 3.05) is 11.9 Å². The van der Waals surface area contributed by atoms with Crippen LogP contribution < -0.4 is 5.32 Å². The van der Waals surface area contributed by atoms with Gasteiger partial charge in [0, 0.05) is 43.2 Å². The molecule has 0 aromatic carbocycles. The van der Waals surface area contributed by atoms with Gasteiger partial charge in [0.05, 0.1) is 0 Å². The smallest absolute Gasteiger partial charge is 0.410 e. The average Bonchev–Trinajstić information content (AvgIpc) is 2.86. The maximum absolute atomic E-state index is 10.9. The molecule has 0 saturated carbocycles. The zero-order chi connectivity index (χ0) is 13.1. The Morgan fingerprint density at radius 1 is 1.78 bits per heavy atom. The molecule has 2 rings (SSSR count). The molecule has 1 aliphatic rings. The predicted molar refractivity (Wildman–Crippen MR) is 74.3 cm³/mol. The molecule has 1 saturated heterocycles. The molecule has 7 heteroatoms. The maximum atomic E-state index is 10.9. The van der Waals surface area contributed by atoms with Crippen LogP contribution in [0.25, 0.3) is 0 Å². The Hall–Kier alpha value is -0.448. The van der Waals surface area contributed by atoms with Gasteiger partial charge in [-0.15, -0.1) is 11.3 Å². The van der Waals surface area contributed by atoms with E-state index in [0.29, 0.717) is 17.3 Å². The Kier molecular flexibility index (Phi) is 4.76. The second-order valence-corrected chi connectivity index (χ2v) is 6.27. The minimum Gasteiger partial charge on any atom is -0.503 e. The van der Waals surface area contributed by atoms with Gasteiger partial charge in [-0.1, -0.05) is 0 Å². The van der Waals surface area contributed by atoms with E-state index in [9.17, 15) is 4.79 Å². The second kappa shape index (κ2) is 6.13.